The van der Waals surface area contributed by atoms with Crippen LogP contribution in [0.15, 0.2) is 24.3 Å². The molecule has 35 heavy (non-hydrogen) atoms. The summed E-state index contributed by atoms with van der Waals surface area (Å²) in [4.78, 5) is 22.7. The van der Waals surface area contributed by atoms with Crippen molar-refractivity contribution >= 4 is 25.2 Å². The van der Waals surface area contributed by atoms with Crippen LogP contribution in [0.5, 0.6) is 0 Å². The molecule has 3 rings (SSSR count). The average Bonchev–Trinajstić information content (AvgIpc) is 2.83. The molecule has 4 nitrogen and oxygen atoms in total. The van der Waals surface area contributed by atoms with Gasteiger partial charge < -0.3 is 9.47 Å². The molecule has 2 aliphatic rings. The molecule has 5 heteroatoms. The van der Waals surface area contributed by atoms with E-state index < -0.39 is 20.0 Å². The zero-order valence-corrected chi connectivity index (χ0v) is 23.5. The highest BCUT2D eigenvalue weighted by molar-refractivity contribution is 6.89. The lowest BCUT2D eigenvalue weighted by Crippen LogP contribution is -2.41. The van der Waals surface area contributed by atoms with Crippen molar-refractivity contribution in [3.05, 3.63) is 29.8 Å². The number of carbonyl (C=O) groups excluding carboxylic acids is 2. The first kappa shape index (κ1) is 28.1. The summed E-state index contributed by atoms with van der Waals surface area (Å²) in [7, 11) is -1.42. The lowest BCUT2D eigenvalue weighted by atomic mass is 9.77. The Bertz CT molecular complexity index is 764. The third-order valence-corrected chi connectivity index (χ3v) is 11.8. The van der Waals surface area contributed by atoms with Crippen LogP contribution in [0.3, 0.4) is 0 Å². The third kappa shape index (κ3) is 9.49. The molecule has 2 fully saturated rings. The lowest BCUT2D eigenvalue weighted by Gasteiger charge is -2.29. The summed E-state index contributed by atoms with van der Waals surface area (Å²) in [5, 5.41) is 1.58. The van der Waals surface area contributed by atoms with Crippen LogP contribution in [-0.4, -0.2) is 33.2 Å². The van der Waals surface area contributed by atoms with Gasteiger partial charge in [-0.05, 0) is 49.5 Å². The number of ether oxygens (including phenoxy) is 2. The third-order valence-electron chi connectivity index (χ3n) is 8.31. The van der Waals surface area contributed by atoms with E-state index in [1.165, 1.54) is 70.3 Å². The molecule has 1 saturated carbocycles. The van der Waals surface area contributed by atoms with Crippen molar-refractivity contribution in [2.75, 3.05) is 13.2 Å². The minimum atomic E-state index is -1.42. The average molecular weight is 501 g/mol. The van der Waals surface area contributed by atoms with Crippen molar-refractivity contribution in [3.63, 3.8) is 0 Å². The molecule has 1 aromatic rings. The highest BCUT2D eigenvalue weighted by Crippen LogP contribution is 2.37. The summed E-state index contributed by atoms with van der Waals surface area (Å²) in [5.74, 6) is 0.900. The van der Waals surface area contributed by atoms with Crippen molar-refractivity contribution < 1.29 is 19.1 Å². The van der Waals surface area contributed by atoms with Gasteiger partial charge in [0.2, 0.25) is 0 Å². The molecule has 0 atom stereocenters. The predicted molar refractivity (Wildman–Crippen MR) is 146 cm³/mol. The molecule has 196 valence electrons. The molecule has 0 bridgehead atoms. The maximum Gasteiger partial charge on any atom is 0.313 e. The lowest BCUT2D eigenvalue weighted by molar-refractivity contribution is -0.166. The summed E-state index contributed by atoms with van der Waals surface area (Å²) in [6.07, 6.45) is 15.2. The molecule has 0 amide bonds. The summed E-state index contributed by atoms with van der Waals surface area (Å²) >= 11 is 0. The van der Waals surface area contributed by atoms with E-state index in [1.54, 1.807) is 10.8 Å². The maximum atomic E-state index is 11.3. The second-order valence-electron chi connectivity index (χ2n) is 11.7. The molecule has 0 radical (unpaired) electrons. The van der Waals surface area contributed by atoms with Crippen LogP contribution in [-0.2, 0) is 19.1 Å². The zero-order valence-electron chi connectivity index (χ0n) is 22.5. The Balaban J connectivity index is 1.31. The van der Waals surface area contributed by atoms with Gasteiger partial charge in [0.1, 0.15) is 0 Å². The topological polar surface area (TPSA) is 52.6 Å². The Morgan fingerprint density at radius 1 is 0.857 bits per heavy atom. The van der Waals surface area contributed by atoms with Crippen molar-refractivity contribution in [1.82, 2.24) is 0 Å². The summed E-state index contributed by atoms with van der Waals surface area (Å²) in [6.45, 7) is 8.48. The molecular weight excluding hydrogens is 452 g/mol. The van der Waals surface area contributed by atoms with Gasteiger partial charge in [-0.2, -0.15) is 0 Å². The van der Waals surface area contributed by atoms with Gasteiger partial charge in [-0.3, -0.25) is 9.59 Å². The van der Waals surface area contributed by atoms with Gasteiger partial charge in [0.05, 0.1) is 27.5 Å². The fourth-order valence-electron chi connectivity index (χ4n) is 5.89. The van der Waals surface area contributed by atoms with Crippen LogP contribution < -0.4 is 5.19 Å². The molecule has 0 spiro atoms. The van der Waals surface area contributed by atoms with Crippen molar-refractivity contribution in [2.45, 2.75) is 115 Å². The van der Waals surface area contributed by atoms with Crippen molar-refractivity contribution in [1.29, 1.82) is 0 Å². The Hall–Kier alpha value is -1.46. The first-order valence-electron chi connectivity index (χ1n) is 14.3. The Morgan fingerprint density at radius 2 is 1.54 bits per heavy atom. The number of carbonyl (C=O) groups is 2. The second kappa shape index (κ2) is 14.3. The largest absolute Gasteiger partial charge is 0.393 e. The van der Waals surface area contributed by atoms with Crippen LogP contribution in [0.25, 0.3) is 0 Å². The summed E-state index contributed by atoms with van der Waals surface area (Å²) in [5.41, 5.74) is 1.57. The molecule has 1 aliphatic heterocycles. The normalized spacial score (nSPS) is 21.8. The van der Waals surface area contributed by atoms with E-state index in [0.29, 0.717) is 26.1 Å². The van der Waals surface area contributed by atoms with Gasteiger partial charge in [-0.25, -0.2) is 0 Å². The molecule has 0 aromatic heterocycles. The minimum Gasteiger partial charge on any atom is -0.393 e. The van der Waals surface area contributed by atoms with Crippen LogP contribution in [0.4, 0.5) is 0 Å². The number of hydrogen-bond donors (Lipinski definition) is 0. The van der Waals surface area contributed by atoms with Gasteiger partial charge in [0.25, 0.3) is 0 Å². The predicted octanol–water partition coefficient (Wildman–Crippen LogP) is 7.12. The highest BCUT2D eigenvalue weighted by atomic mass is 28.3. The van der Waals surface area contributed by atoms with E-state index in [9.17, 15) is 9.59 Å². The van der Waals surface area contributed by atoms with Gasteiger partial charge in [0, 0.05) is 12.5 Å². The fraction of sp³-hybridized carbons (Fsp3) is 0.733. The number of benzene rings is 1. The van der Waals surface area contributed by atoms with Crippen LogP contribution in [0.2, 0.25) is 19.1 Å². The minimum absolute atomic E-state index is 0.0149. The number of esters is 2. The monoisotopic (exact) mass is 500 g/mol. The Kier molecular flexibility index (Phi) is 11.5. The van der Waals surface area contributed by atoms with Crippen LogP contribution in [0, 0.1) is 11.8 Å². The number of hydrogen-bond acceptors (Lipinski definition) is 4. The van der Waals surface area contributed by atoms with Gasteiger partial charge >= 0.3 is 11.9 Å². The number of unbranched alkanes of at least 4 members (excludes halogenated alkanes) is 4. The fourth-order valence-corrected chi connectivity index (χ4v) is 8.38. The zero-order chi connectivity index (χ0) is 25.1. The molecule has 1 heterocycles. The van der Waals surface area contributed by atoms with E-state index in [0.717, 1.165) is 18.3 Å². The SMILES string of the molecule is CCCCCC1CCC(c2ccc([Si](C)(C)CCCCCOCC3CC(=O)OC(=O)C3)cc2)CC1. The quantitative estimate of drug-likeness (QED) is 0.118. The molecule has 1 aromatic carbocycles. The highest BCUT2D eigenvalue weighted by Gasteiger charge is 2.27. The van der Waals surface area contributed by atoms with E-state index >= 15 is 0 Å². The Labute approximate surface area is 214 Å². The van der Waals surface area contributed by atoms with Crippen LogP contribution in [0.1, 0.15) is 102 Å². The standard InChI is InChI=1S/C30H48O4Si/c1-4-5-7-10-24-11-13-26(14-12-24)27-15-17-28(18-16-27)35(2,3)20-9-6-8-19-33-23-25-21-29(31)34-30(32)22-25/h15-18,24-26H,4-14,19-23H2,1-3H3. The number of cyclic esters (lactones) is 2. The first-order chi connectivity index (χ1) is 16.9. The molecule has 0 N–H and O–H groups in total. The molecule has 1 saturated heterocycles. The van der Waals surface area contributed by atoms with Gasteiger partial charge in [-0.15, -0.1) is 0 Å². The smallest absolute Gasteiger partial charge is 0.313 e. The van der Waals surface area contributed by atoms with Gasteiger partial charge in [-0.1, -0.05) is 94.0 Å². The maximum absolute atomic E-state index is 11.3. The van der Waals surface area contributed by atoms with Crippen LogP contribution >= 0.6 is 0 Å². The van der Waals surface area contributed by atoms with Crippen molar-refractivity contribution in [2.24, 2.45) is 11.8 Å². The summed E-state index contributed by atoms with van der Waals surface area (Å²) in [6, 6.07) is 11.1. The van der Waals surface area contributed by atoms with Crippen molar-refractivity contribution in [3.8, 4) is 0 Å². The van der Waals surface area contributed by atoms with Gasteiger partial charge in [0.15, 0.2) is 0 Å². The van der Waals surface area contributed by atoms with E-state index in [2.05, 4.69) is 49.0 Å². The summed E-state index contributed by atoms with van der Waals surface area (Å²) < 4.78 is 10.3. The second-order valence-corrected chi connectivity index (χ2v) is 16.6. The molecular formula is C30H48O4Si. The van der Waals surface area contributed by atoms with E-state index in [4.69, 9.17) is 4.74 Å². The van der Waals surface area contributed by atoms with E-state index in [1.807, 2.05) is 0 Å². The Morgan fingerprint density at radius 3 is 2.20 bits per heavy atom. The first-order valence-corrected chi connectivity index (χ1v) is 17.5. The number of rotatable bonds is 14. The van der Waals surface area contributed by atoms with E-state index in [-0.39, 0.29) is 5.92 Å². The molecule has 0 unspecified atom stereocenters. The molecule has 1 aliphatic carbocycles.